The number of rotatable bonds is 2. The summed E-state index contributed by atoms with van der Waals surface area (Å²) < 4.78 is 0. The SMILES string of the molecule is CC1CCCCCN1CC1CC2CCC1N2. The number of hydrogen-bond acceptors (Lipinski definition) is 2. The van der Waals surface area contributed by atoms with Crippen LogP contribution in [-0.2, 0) is 0 Å². The van der Waals surface area contributed by atoms with E-state index in [1.165, 1.54) is 58.0 Å². The molecule has 0 aromatic rings. The summed E-state index contributed by atoms with van der Waals surface area (Å²) in [5.74, 6) is 0.958. The first-order valence-electron chi connectivity index (χ1n) is 7.33. The minimum atomic E-state index is 0.835. The number of nitrogens with zero attached hydrogens (tertiary/aromatic N) is 1. The summed E-state index contributed by atoms with van der Waals surface area (Å²) in [4.78, 5) is 2.78. The van der Waals surface area contributed by atoms with Gasteiger partial charge in [0.25, 0.3) is 0 Å². The van der Waals surface area contributed by atoms with Crippen LogP contribution in [0.25, 0.3) is 0 Å². The summed E-state index contributed by atoms with van der Waals surface area (Å²) in [5, 5.41) is 3.77. The summed E-state index contributed by atoms with van der Waals surface area (Å²) >= 11 is 0. The van der Waals surface area contributed by atoms with Crippen molar-refractivity contribution in [1.29, 1.82) is 0 Å². The van der Waals surface area contributed by atoms with Gasteiger partial charge in [-0.2, -0.15) is 0 Å². The third-order valence-corrected chi connectivity index (χ3v) is 5.09. The fraction of sp³-hybridized carbons (Fsp3) is 1.00. The van der Waals surface area contributed by atoms with Gasteiger partial charge in [0.1, 0.15) is 0 Å². The molecular weight excluding hydrogens is 196 g/mol. The van der Waals surface area contributed by atoms with E-state index in [4.69, 9.17) is 0 Å². The Morgan fingerprint density at radius 1 is 1.12 bits per heavy atom. The van der Waals surface area contributed by atoms with E-state index in [9.17, 15) is 0 Å². The zero-order valence-corrected chi connectivity index (χ0v) is 10.6. The monoisotopic (exact) mass is 222 g/mol. The van der Waals surface area contributed by atoms with Gasteiger partial charge in [-0.3, -0.25) is 0 Å². The van der Waals surface area contributed by atoms with Crippen LogP contribution in [0.1, 0.15) is 51.9 Å². The molecule has 4 unspecified atom stereocenters. The van der Waals surface area contributed by atoms with E-state index in [1.54, 1.807) is 0 Å². The molecule has 3 aliphatic rings. The maximum atomic E-state index is 3.77. The van der Waals surface area contributed by atoms with Crippen molar-refractivity contribution >= 4 is 0 Å². The molecule has 2 heteroatoms. The van der Waals surface area contributed by atoms with Crippen molar-refractivity contribution in [3.63, 3.8) is 0 Å². The molecule has 0 aromatic heterocycles. The third-order valence-electron chi connectivity index (χ3n) is 5.09. The minimum absolute atomic E-state index is 0.835. The first-order chi connectivity index (χ1) is 7.83. The largest absolute Gasteiger partial charge is 0.311 e. The standard InChI is InChI=1S/C14H26N2/c1-11-5-3-2-4-8-16(11)10-12-9-13-6-7-14(12)15-13/h11-15H,2-10H2,1H3. The van der Waals surface area contributed by atoms with E-state index in [1.807, 2.05) is 0 Å². The molecule has 16 heavy (non-hydrogen) atoms. The Labute approximate surface area is 99.8 Å². The average molecular weight is 222 g/mol. The van der Waals surface area contributed by atoms with Gasteiger partial charge in [-0.1, -0.05) is 12.8 Å². The van der Waals surface area contributed by atoms with Crippen LogP contribution in [0.5, 0.6) is 0 Å². The smallest absolute Gasteiger partial charge is 0.0111 e. The lowest BCUT2D eigenvalue weighted by atomic mass is 9.88. The van der Waals surface area contributed by atoms with Gasteiger partial charge in [0.15, 0.2) is 0 Å². The van der Waals surface area contributed by atoms with Gasteiger partial charge in [-0.15, -0.1) is 0 Å². The highest BCUT2D eigenvalue weighted by molar-refractivity contribution is 4.98. The molecule has 2 bridgehead atoms. The zero-order valence-electron chi connectivity index (χ0n) is 10.6. The van der Waals surface area contributed by atoms with Crippen molar-refractivity contribution in [3.8, 4) is 0 Å². The molecule has 0 aromatic carbocycles. The molecule has 4 atom stereocenters. The predicted octanol–water partition coefficient (Wildman–Crippen LogP) is 2.39. The minimum Gasteiger partial charge on any atom is -0.311 e. The Hall–Kier alpha value is -0.0800. The van der Waals surface area contributed by atoms with E-state index >= 15 is 0 Å². The predicted molar refractivity (Wildman–Crippen MR) is 67.6 cm³/mol. The van der Waals surface area contributed by atoms with Crippen LogP contribution in [0.4, 0.5) is 0 Å². The first-order valence-corrected chi connectivity index (χ1v) is 7.33. The lowest BCUT2D eigenvalue weighted by molar-refractivity contribution is 0.167. The molecule has 0 aliphatic carbocycles. The van der Waals surface area contributed by atoms with Crippen molar-refractivity contribution in [3.05, 3.63) is 0 Å². The number of likely N-dealkylation sites (tertiary alicyclic amines) is 1. The molecule has 0 radical (unpaired) electrons. The highest BCUT2D eigenvalue weighted by atomic mass is 15.2. The van der Waals surface area contributed by atoms with E-state index < -0.39 is 0 Å². The molecule has 0 amide bonds. The summed E-state index contributed by atoms with van der Waals surface area (Å²) in [5.41, 5.74) is 0. The van der Waals surface area contributed by atoms with Crippen LogP contribution in [0, 0.1) is 5.92 Å². The second-order valence-electron chi connectivity index (χ2n) is 6.24. The van der Waals surface area contributed by atoms with Gasteiger partial charge in [0, 0.05) is 24.7 Å². The summed E-state index contributed by atoms with van der Waals surface area (Å²) in [7, 11) is 0. The van der Waals surface area contributed by atoms with E-state index in [-0.39, 0.29) is 0 Å². The van der Waals surface area contributed by atoms with Crippen molar-refractivity contribution in [2.24, 2.45) is 5.92 Å². The fourth-order valence-electron chi connectivity index (χ4n) is 4.05. The van der Waals surface area contributed by atoms with E-state index in [2.05, 4.69) is 17.1 Å². The van der Waals surface area contributed by atoms with Crippen LogP contribution in [0.2, 0.25) is 0 Å². The molecule has 92 valence electrons. The maximum Gasteiger partial charge on any atom is 0.0111 e. The number of fused-ring (bicyclic) bond motifs is 2. The Kier molecular flexibility index (Phi) is 3.21. The molecular formula is C14H26N2. The summed E-state index contributed by atoms with van der Waals surface area (Å²) in [6, 6.07) is 2.57. The van der Waals surface area contributed by atoms with Crippen LogP contribution >= 0.6 is 0 Å². The fourth-order valence-corrected chi connectivity index (χ4v) is 4.05. The van der Waals surface area contributed by atoms with Crippen LogP contribution in [0.15, 0.2) is 0 Å². The summed E-state index contributed by atoms with van der Waals surface area (Å²) in [6.07, 6.45) is 10.1. The van der Waals surface area contributed by atoms with Crippen LogP contribution < -0.4 is 5.32 Å². The molecule has 3 heterocycles. The molecule has 3 rings (SSSR count). The second kappa shape index (κ2) is 4.66. The molecule has 2 nitrogen and oxygen atoms in total. The average Bonchev–Trinajstić information content (AvgIpc) is 2.83. The van der Waals surface area contributed by atoms with Crippen molar-refractivity contribution in [2.45, 2.75) is 70.0 Å². The quantitative estimate of drug-likeness (QED) is 0.772. The number of hydrogen-bond donors (Lipinski definition) is 1. The molecule has 1 N–H and O–H groups in total. The third kappa shape index (κ3) is 2.14. The van der Waals surface area contributed by atoms with Gasteiger partial charge >= 0.3 is 0 Å². The highest BCUT2D eigenvalue weighted by Gasteiger charge is 2.39. The van der Waals surface area contributed by atoms with Gasteiger partial charge in [0.2, 0.25) is 0 Å². The topological polar surface area (TPSA) is 15.3 Å². The molecule has 3 aliphatic heterocycles. The van der Waals surface area contributed by atoms with Crippen molar-refractivity contribution < 1.29 is 0 Å². The molecule has 3 fully saturated rings. The highest BCUT2D eigenvalue weighted by Crippen LogP contribution is 2.34. The van der Waals surface area contributed by atoms with Gasteiger partial charge in [0.05, 0.1) is 0 Å². The van der Waals surface area contributed by atoms with Crippen molar-refractivity contribution in [1.82, 2.24) is 10.2 Å². The normalized spacial score (nSPS) is 44.8. The van der Waals surface area contributed by atoms with E-state index in [0.29, 0.717) is 0 Å². The van der Waals surface area contributed by atoms with Gasteiger partial charge in [-0.25, -0.2) is 0 Å². The Balaban J connectivity index is 1.56. The van der Waals surface area contributed by atoms with Gasteiger partial charge in [-0.05, 0) is 51.5 Å². The van der Waals surface area contributed by atoms with Crippen LogP contribution in [-0.4, -0.2) is 36.1 Å². The Morgan fingerprint density at radius 2 is 2.06 bits per heavy atom. The van der Waals surface area contributed by atoms with Crippen molar-refractivity contribution in [2.75, 3.05) is 13.1 Å². The molecule has 3 saturated heterocycles. The zero-order chi connectivity index (χ0) is 11.0. The maximum absolute atomic E-state index is 3.77. The Morgan fingerprint density at radius 3 is 2.81 bits per heavy atom. The van der Waals surface area contributed by atoms with Crippen LogP contribution in [0.3, 0.4) is 0 Å². The second-order valence-corrected chi connectivity index (χ2v) is 6.24. The number of nitrogens with one attached hydrogen (secondary N) is 1. The summed E-state index contributed by atoms with van der Waals surface area (Å²) in [6.45, 7) is 5.16. The lowest BCUT2D eigenvalue weighted by Gasteiger charge is -2.32. The lowest BCUT2D eigenvalue weighted by Crippen LogP contribution is -2.40. The van der Waals surface area contributed by atoms with Gasteiger partial charge < -0.3 is 10.2 Å². The first kappa shape index (κ1) is 11.0. The Bertz CT molecular complexity index is 241. The molecule has 0 saturated carbocycles. The van der Waals surface area contributed by atoms with E-state index in [0.717, 1.165) is 24.0 Å². The molecule has 0 spiro atoms.